The summed E-state index contributed by atoms with van der Waals surface area (Å²) in [5.74, 6) is -0.422. The Kier molecular flexibility index (Phi) is 5.28. The summed E-state index contributed by atoms with van der Waals surface area (Å²) in [6.07, 6.45) is -2.34. The molecule has 5 heteroatoms. The van der Waals surface area contributed by atoms with E-state index in [1.165, 1.54) is 12.1 Å². The molecular formula is C11H13BrF3N. The van der Waals surface area contributed by atoms with E-state index < -0.39 is 18.3 Å². The van der Waals surface area contributed by atoms with Crippen LogP contribution in [-0.2, 0) is 6.42 Å². The summed E-state index contributed by atoms with van der Waals surface area (Å²) in [6.45, 7) is 2.22. The molecule has 0 aliphatic carbocycles. The van der Waals surface area contributed by atoms with Crippen molar-refractivity contribution >= 4 is 15.9 Å². The summed E-state index contributed by atoms with van der Waals surface area (Å²) in [4.78, 5) is 0. The van der Waals surface area contributed by atoms with Crippen LogP contribution in [0.1, 0.15) is 12.5 Å². The van der Waals surface area contributed by atoms with Crippen molar-refractivity contribution < 1.29 is 13.2 Å². The molecule has 1 unspecified atom stereocenters. The van der Waals surface area contributed by atoms with Crippen molar-refractivity contribution in [1.82, 2.24) is 5.32 Å². The van der Waals surface area contributed by atoms with Crippen molar-refractivity contribution in [3.05, 3.63) is 34.1 Å². The third-order valence-electron chi connectivity index (χ3n) is 2.15. The fraction of sp³-hybridized carbons (Fsp3) is 0.455. The van der Waals surface area contributed by atoms with Gasteiger partial charge < -0.3 is 5.32 Å². The minimum Gasteiger partial charge on any atom is -0.309 e. The second kappa shape index (κ2) is 6.25. The highest BCUT2D eigenvalue weighted by atomic mass is 79.9. The van der Waals surface area contributed by atoms with Gasteiger partial charge in [-0.15, -0.1) is 0 Å². The van der Waals surface area contributed by atoms with Crippen LogP contribution in [-0.4, -0.2) is 19.0 Å². The summed E-state index contributed by atoms with van der Waals surface area (Å²) in [7, 11) is 0. The second-order valence-electron chi connectivity index (χ2n) is 3.48. The normalized spacial score (nSPS) is 13.1. The molecule has 0 spiro atoms. The summed E-state index contributed by atoms with van der Waals surface area (Å²) in [6, 6.07) is 3.29. The average Bonchev–Trinajstić information content (AvgIpc) is 2.15. The Morgan fingerprint density at radius 3 is 2.50 bits per heavy atom. The predicted octanol–water partition coefficient (Wildman–Crippen LogP) is 3.37. The molecule has 0 fully saturated rings. The molecule has 0 aromatic heterocycles. The van der Waals surface area contributed by atoms with Gasteiger partial charge in [-0.1, -0.05) is 22.9 Å². The lowest BCUT2D eigenvalue weighted by Crippen LogP contribution is -2.37. The van der Waals surface area contributed by atoms with E-state index in [1.54, 1.807) is 13.0 Å². The summed E-state index contributed by atoms with van der Waals surface area (Å²) in [5, 5.41) is 2.68. The van der Waals surface area contributed by atoms with Gasteiger partial charge in [0.25, 0.3) is 6.43 Å². The third-order valence-corrected chi connectivity index (χ3v) is 2.61. The van der Waals surface area contributed by atoms with Crippen LogP contribution in [0.4, 0.5) is 13.2 Å². The predicted molar refractivity (Wildman–Crippen MR) is 61.3 cm³/mol. The Morgan fingerprint density at radius 1 is 1.31 bits per heavy atom. The van der Waals surface area contributed by atoms with Gasteiger partial charge in [-0.25, -0.2) is 13.2 Å². The Balaban J connectivity index is 2.76. The van der Waals surface area contributed by atoms with Crippen LogP contribution < -0.4 is 5.32 Å². The molecule has 90 valence electrons. The number of benzene rings is 1. The van der Waals surface area contributed by atoms with E-state index in [4.69, 9.17) is 0 Å². The number of rotatable bonds is 5. The molecule has 0 bridgehead atoms. The smallest absolute Gasteiger partial charge is 0.254 e. The lowest BCUT2D eigenvalue weighted by Gasteiger charge is -2.17. The molecule has 0 heterocycles. The van der Waals surface area contributed by atoms with Gasteiger partial charge in [0, 0.05) is 4.47 Å². The number of alkyl halides is 2. The highest BCUT2D eigenvalue weighted by Crippen LogP contribution is 2.17. The van der Waals surface area contributed by atoms with Crippen molar-refractivity contribution in [2.75, 3.05) is 6.54 Å². The number of hydrogen-bond acceptors (Lipinski definition) is 1. The zero-order chi connectivity index (χ0) is 12.1. The van der Waals surface area contributed by atoms with Gasteiger partial charge >= 0.3 is 0 Å². The van der Waals surface area contributed by atoms with Crippen LogP contribution in [0.15, 0.2) is 22.7 Å². The van der Waals surface area contributed by atoms with Crippen LogP contribution in [0.3, 0.4) is 0 Å². The molecule has 0 aliphatic rings. The van der Waals surface area contributed by atoms with Crippen LogP contribution in [0.25, 0.3) is 0 Å². The van der Waals surface area contributed by atoms with Crippen molar-refractivity contribution in [3.63, 3.8) is 0 Å². The van der Waals surface area contributed by atoms with Crippen LogP contribution >= 0.6 is 15.9 Å². The van der Waals surface area contributed by atoms with E-state index in [-0.39, 0.29) is 6.42 Å². The van der Waals surface area contributed by atoms with Crippen molar-refractivity contribution in [3.8, 4) is 0 Å². The molecule has 0 saturated carbocycles. The van der Waals surface area contributed by atoms with E-state index in [2.05, 4.69) is 21.2 Å². The first-order valence-electron chi connectivity index (χ1n) is 4.99. The lowest BCUT2D eigenvalue weighted by molar-refractivity contribution is 0.0990. The van der Waals surface area contributed by atoms with Crippen molar-refractivity contribution in [1.29, 1.82) is 0 Å². The molecule has 1 rings (SSSR count). The third kappa shape index (κ3) is 4.14. The quantitative estimate of drug-likeness (QED) is 0.878. The first kappa shape index (κ1) is 13.5. The van der Waals surface area contributed by atoms with E-state index in [9.17, 15) is 13.2 Å². The molecule has 1 aromatic rings. The standard InChI is InChI=1S/C11H13BrF3N/c1-2-16-10(11(14)15)5-7-3-8(12)6-9(13)4-7/h3-4,6,10-11,16H,2,5H2,1H3. The maximum atomic E-state index is 13.0. The maximum Gasteiger partial charge on any atom is 0.254 e. The maximum absolute atomic E-state index is 13.0. The minimum absolute atomic E-state index is 0.113. The van der Waals surface area contributed by atoms with Gasteiger partial charge in [-0.3, -0.25) is 0 Å². The van der Waals surface area contributed by atoms with Gasteiger partial charge in [0.1, 0.15) is 5.82 Å². The number of nitrogens with one attached hydrogen (secondary N) is 1. The molecule has 1 nitrogen and oxygen atoms in total. The summed E-state index contributed by atoms with van der Waals surface area (Å²) < 4.78 is 38.8. The van der Waals surface area contributed by atoms with Crippen molar-refractivity contribution in [2.45, 2.75) is 25.8 Å². The fourth-order valence-electron chi connectivity index (χ4n) is 1.50. The summed E-state index contributed by atoms with van der Waals surface area (Å²) >= 11 is 3.13. The zero-order valence-corrected chi connectivity index (χ0v) is 10.4. The fourth-order valence-corrected chi connectivity index (χ4v) is 2.01. The molecule has 0 aliphatic heterocycles. The number of likely N-dealkylation sites (N-methyl/N-ethyl adjacent to an activating group) is 1. The first-order chi connectivity index (χ1) is 7.52. The average molecular weight is 296 g/mol. The monoisotopic (exact) mass is 295 g/mol. The number of halogens is 4. The van der Waals surface area contributed by atoms with Crippen LogP contribution in [0.5, 0.6) is 0 Å². The SMILES string of the molecule is CCNC(Cc1cc(F)cc(Br)c1)C(F)F. The zero-order valence-electron chi connectivity index (χ0n) is 8.81. The Bertz CT molecular complexity index is 324. The molecular weight excluding hydrogens is 283 g/mol. The summed E-state index contributed by atoms with van der Waals surface area (Å²) in [5.41, 5.74) is 0.554. The van der Waals surface area contributed by atoms with Gasteiger partial charge in [0.2, 0.25) is 0 Å². The van der Waals surface area contributed by atoms with Crippen molar-refractivity contribution in [2.24, 2.45) is 0 Å². The molecule has 1 aromatic carbocycles. The van der Waals surface area contributed by atoms with Gasteiger partial charge in [-0.05, 0) is 36.7 Å². The molecule has 16 heavy (non-hydrogen) atoms. The lowest BCUT2D eigenvalue weighted by atomic mass is 10.1. The largest absolute Gasteiger partial charge is 0.309 e. The molecule has 0 radical (unpaired) electrons. The first-order valence-corrected chi connectivity index (χ1v) is 5.78. The topological polar surface area (TPSA) is 12.0 Å². The Hall–Kier alpha value is -0.550. The Morgan fingerprint density at radius 2 is 2.00 bits per heavy atom. The molecule has 1 atom stereocenters. The minimum atomic E-state index is -2.46. The van der Waals surface area contributed by atoms with Crippen LogP contribution in [0, 0.1) is 5.82 Å². The Labute approximate surface area is 101 Å². The van der Waals surface area contributed by atoms with Crippen LogP contribution in [0.2, 0.25) is 0 Å². The van der Waals surface area contributed by atoms with E-state index in [0.717, 1.165) is 0 Å². The van der Waals surface area contributed by atoms with E-state index in [1.807, 2.05) is 0 Å². The van der Waals surface area contributed by atoms with E-state index in [0.29, 0.717) is 16.6 Å². The van der Waals surface area contributed by atoms with Gasteiger partial charge in [0.15, 0.2) is 0 Å². The number of hydrogen-bond donors (Lipinski definition) is 1. The highest BCUT2D eigenvalue weighted by molar-refractivity contribution is 9.10. The second-order valence-corrected chi connectivity index (χ2v) is 4.40. The molecule has 0 saturated heterocycles. The van der Waals surface area contributed by atoms with Gasteiger partial charge in [-0.2, -0.15) is 0 Å². The van der Waals surface area contributed by atoms with E-state index >= 15 is 0 Å². The van der Waals surface area contributed by atoms with Gasteiger partial charge in [0.05, 0.1) is 6.04 Å². The molecule has 0 amide bonds. The molecule has 1 N–H and O–H groups in total. The highest BCUT2D eigenvalue weighted by Gasteiger charge is 2.19.